The molecular formula is C10H11FN2O2. The molecule has 15 heavy (non-hydrogen) atoms. The fourth-order valence-electron chi connectivity index (χ4n) is 1.76. The summed E-state index contributed by atoms with van der Waals surface area (Å²) in [5, 5.41) is 13.5. The van der Waals surface area contributed by atoms with E-state index in [1.54, 1.807) is 6.07 Å². The lowest BCUT2D eigenvalue weighted by Crippen LogP contribution is -2.24. The Bertz CT molecular complexity index is 416. The first kappa shape index (κ1) is 10.0. The Morgan fingerprint density at radius 2 is 2.20 bits per heavy atom. The maximum atomic E-state index is 13.3. The highest BCUT2D eigenvalue weighted by Gasteiger charge is 2.43. The minimum Gasteiger partial charge on any atom is -0.310 e. The zero-order chi connectivity index (χ0) is 11.1. The topological polar surface area (TPSA) is 55.2 Å². The maximum Gasteiger partial charge on any atom is 0.304 e. The Morgan fingerprint density at radius 1 is 1.53 bits per heavy atom. The molecule has 4 nitrogen and oxygen atoms in total. The summed E-state index contributed by atoms with van der Waals surface area (Å²) in [6.07, 6.45) is 1.89. The summed E-state index contributed by atoms with van der Waals surface area (Å²) in [6, 6.07) is 4.09. The molecule has 0 aromatic heterocycles. The molecule has 0 atom stereocenters. The van der Waals surface area contributed by atoms with Gasteiger partial charge in [-0.15, -0.1) is 0 Å². The number of hydrogen-bond donors (Lipinski definition) is 1. The zero-order valence-electron chi connectivity index (χ0n) is 8.29. The summed E-state index contributed by atoms with van der Waals surface area (Å²) in [7, 11) is 1.81. The van der Waals surface area contributed by atoms with E-state index in [0.29, 0.717) is 0 Å². The van der Waals surface area contributed by atoms with Gasteiger partial charge in [0.1, 0.15) is 0 Å². The lowest BCUT2D eigenvalue weighted by Gasteiger charge is -2.14. The van der Waals surface area contributed by atoms with Crippen molar-refractivity contribution in [2.75, 3.05) is 7.05 Å². The van der Waals surface area contributed by atoms with Crippen molar-refractivity contribution >= 4 is 5.69 Å². The highest BCUT2D eigenvalue weighted by molar-refractivity contribution is 5.40. The van der Waals surface area contributed by atoms with Gasteiger partial charge in [-0.2, -0.15) is 4.39 Å². The molecule has 80 valence electrons. The largest absolute Gasteiger partial charge is 0.310 e. The molecule has 0 heterocycles. The van der Waals surface area contributed by atoms with Gasteiger partial charge in [0.05, 0.1) is 4.92 Å². The van der Waals surface area contributed by atoms with Crippen LogP contribution in [0.4, 0.5) is 10.1 Å². The Morgan fingerprint density at radius 3 is 2.60 bits per heavy atom. The zero-order valence-corrected chi connectivity index (χ0v) is 8.29. The van der Waals surface area contributed by atoms with Gasteiger partial charge < -0.3 is 5.32 Å². The molecule has 0 spiro atoms. The Hall–Kier alpha value is -1.49. The third kappa shape index (κ3) is 1.59. The lowest BCUT2D eigenvalue weighted by atomic mass is 10.0. The molecular weight excluding hydrogens is 199 g/mol. The van der Waals surface area contributed by atoms with Gasteiger partial charge in [-0.05, 0) is 31.5 Å². The second-order valence-corrected chi connectivity index (χ2v) is 3.76. The molecule has 0 radical (unpaired) electrons. The SMILES string of the molecule is CNC1(c2ccc([N+](=O)[O-])c(F)c2)CC1. The molecule has 1 N–H and O–H groups in total. The van der Waals surface area contributed by atoms with E-state index >= 15 is 0 Å². The molecule has 5 heteroatoms. The fraction of sp³-hybridized carbons (Fsp3) is 0.400. The summed E-state index contributed by atoms with van der Waals surface area (Å²) in [4.78, 5) is 9.71. The van der Waals surface area contributed by atoms with E-state index in [0.717, 1.165) is 18.4 Å². The van der Waals surface area contributed by atoms with Crippen molar-refractivity contribution in [3.05, 3.63) is 39.7 Å². The first-order chi connectivity index (χ1) is 7.09. The summed E-state index contributed by atoms with van der Waals surface area (Å²) in [5.74, 6) is -0.765. The average molecular weight is 210 g/mol. The van der Waals surface area contributed by atoms with Crippen LogP contribution in [-0.4, -0.2) is 12.0 Å². The van der Waals surface area contributed by atoms with E-state index in [1.165, 1.54) is 12.1 Å². The van der Waals surface area contributed by atoms with Crippen molar-refractivity contribution in [3.8, 4) is 0 Å². The number of benzene rings is 1. The van der Waals surface area contributed by atoms with Crippen molar-refractivity contribution in [2.24, 2.45) is 0 Å². The lowest BCUT2D eigenvalue weighted by molar-refractivity contribution is -0.387. The Labute approximate surface area is 86.3 Å². The quantitative estimate of drug-likeness (QED) is 0.612. The van der Waals surface area contributed by atoms with E-state index in [4.69, 9.17) is 0 Å². The van der Waals surface area contributed by atoms with Gasteiger partial charge >= 0.3 is 5.69 Å². The monoisotopic (exact) mass is 210 g/mol. The normalized spacial score (nSPS) is 17.5. The van der Waals surface area contributed by atoms with Crippen LogP contribution in [-0.2, 0) is 5.54 Å². The molecule has 0 saturated heterocycles. The molecule has 1 fully saturated rings. The van der Waals surface area contributed by atoms with E-state index in [1.807, 2.05) is 7.05 Å². The van der Waals surface area contributed by atoms with E-state index in [-0.39, 0.29) is 5.54 Å². The van der Waals surface area contributed by atoms with Crippen LogP contribution in [0.5, 0.6) is 0 Å². The van der Waals surface area contributed by atoms with E-state index in [2.05, 4.69) is 5.32 Å². The second-order valence-electron chi connectivity index (χ2n) is 3.76. The molecule has 0 bridgehead atoms. The predicted molar refractivity (Wildman–Crippen MR) is 53.0 cm³/mol. The number of nitro groups is 1. The van der Waals surface area contributed by atoms with Crippen LogP contribution in [0.1, 0.15) is 18.4 Å². The molecule has 0 amide bonds. The highest BCUT2D eigenvalue weighted by Crippen LogP contribution is 2.45. The first-order valence-corrected chi connectivity index (χ1v) is 4.72. The smallest absolute Gasteiger partial charge is 0.304 e. The van der Waals surface area contributed by atoms with E-state index in [9.17, 15) is 14.5 Å². The van der Waals surface area contributed by atoms with Crippen LogP contribution in [0.25, 0.3) is 0 Å². The third-order valence-corrected chi connectivity index (χ3v) is 2.93. The number of nitrogens with zero attached hydrogens (tertiary/aromatic N) is 1. The number of hydrogen-bond acceptors (Lipinski definition) is 3. The maximum absolute atomic E-state index is 13.3. The van der Waals surface area contributed by atoms with Gasteiger partial charge in [0.15, 0.2) is 0 Å². The molecule has 1 saturated carbocycles. The second kappa shape index (κ2) is 3.27. The van der Waals surface area contributed by atoms with Crippen LogP contribution < -0.4 is 5.32 Å². The van der Waals surface area contributed by atoms with Crippen molar-refractivity contribution in [3.63, 3.8) is 0 Å². The average Bonchev–Trinajstić information content (AvgIpc) is 2.97. The standard InChI is InChI=1S/C10H11FN2O2/c1-12-10(4-5-10)7-2-3-9(13(14)15)8(11)6-7/h2-3,6,12H,4-5H2,1H3. The van der Waals surface area contributed by atoms with Gasteiger partial charge in [-0.25, -0.2) is 0 Å². The molecule has 1 aromatic carbocycles. The van der Waals surface area contributed by atoms with Crippen molar-refractivity contribution in [2.45, 2.75) is 18.4 Å². The molecule has 1 aliphatic carbocycles. The molecule has 0 unspecified atom stereocenters. The van der Waals surface area contributed by atoms with Crippen LogP contribution in [0, 0.1) is 15.9 Å². The molecule has 2 rings (SSSR count). The van der Waals surface area contributed by atoms with Crippen molar-refractivity contribution < 1.29 is 9.31 Å². The Balaban J connectivity index is 2.38. The first-order valence-electron chi connectivity index (χ1n) is 4.72. The van der Waals surface area contributed by atoms with Crippen molar-refractivity contribution in [1.29, 1.82) is 0 Å². The Kier molecular flexibility index (Phi) is 2.19. The van der Waals surface area contributed by atoms with Gasteiger partial charge in [-0.1, -0.05) is 6.07 Å². The van der Waals surface area contributed by atoms with Crippen LogP contribution in [0.15, 0.2) is 18.2 Å². The summed E-state index contributed by atoms with van der Waals surface area (Å²) < 4.78 is 13.3. The number of rotatable bonds is 3. The fourth-order valence-corrected chi connectivity index (χ4v) is 1.76. The molecule has 0 aliphatic heterocycles. The van der Waals surface area contributed by atoms with Crippen LogP contribution >= 0.6 is 0 Å². The van der Waals surface area contributed by atoms with Gasteiger partial charge in [0, 0.05) is 11.6 Å². The predicted octanol–water partition coefficient (Wildman–Crippen LogP) is 1.94. The van der Waals surface area contributed by atoms with Gasteiger partial charge in [0.2, 0.25) is 5.82 Å². The minimum absolute atomic E-state index is 0.157. The van der Waals surface area contributed by atoms with Crippen molar-refractivity contribution in [1.82, 2.24) is 5.32 Å². The number of halogens is 1. The molecule has 1 aromatic rings. The summed E-state index contributed by atoms with van der Waals surface area (Å²) in [5.41, 5.74) is 0.162. The van der Waals surface area contributed by atoms with Crippen LogP contribution in [0.2, 0.25) is 0 Å². The summed E-state index contributed by atoms with van der Waals surface area (Å²) in [6.45, 7) is 0. The molecule has 1 aliphatic rings. The number of nitro benzene ring substituents is 1. The van der Waals surface area contributed by atoms with E-state index < -0.39 is 16.4 Å². The minimum atomic E-state index is -0.765. The third-order valence-electron chi connectivity index (χ3n) is 2.93. The number of nitrogens with one attached hydrogen (secondary N) is 1. The van der Waals surface area contributed by atoms with Crippen LogP contribution in [0.3, 0.4) is 0 Å². The van der Waals surface area contributed by atoms with Gasteiger partial charge in [0.25, 0.3) is 0 Å². The highest BCUT2D eigenvalue weighted by atomic mass is 19.1. The summed E-state index contributed by atoms with van der Waals surface area (Å²) >= 11 is 0. The van der Waals surface area contributed by atoms with Gasteiger partial charge in [-0.3, -0.25) is 10.1 Å².